The quantitative estimate of drug-likeness (QED) is 0.189. The molecule has 0 bridgehead atoms. The minimum absolute atomic E-state index is 0.415. The summed E-state index contributed by atoms with van der Waals surface area (Å²) in [6.07, 6.45) is 8.39. The van der Waals surface area contributed by atoms with E-state index in [9.17, 15) is 0 Å². The van der Waals surface area contributed by atoms with Gasteiger partial charge in [0.05, 0.1) is 5.41 Å². The fraction of sp³-hybridized carbons (Fsp3) is 0.191. The summed E-state index contributed by atoms with van der Waals surface area (Å²) >= 11 is 0. The number of rotatable bonds is 4. The maximum absolute atomic E-state index is 6.84. The molecule has 10 rings (SSSR count). The lowest BCUT2D eigenvalue weighted by Gasteiger charge is -2.37. The van der Waals surface area contributed by atoms with Gasteiger partial charge in [-0.2, -0.15) is 0 Å². The van der Waals surface area contributed by atoms with Crippen LogP contribution >= 0.6 is 0 Å². The zero-order chi connectivity index (χ0) is 33.4. The molecule has 1 spiro atoms. The minimum atomic E-state index is -0.415. The number of hydrogen-bond acceptors (Lipinski definition) is 3. The van der Waals surface area contributed by atoms with Crippen LogP contribution in [0.4, 0.5) is 11.4 Å². The van der Waals surface area contributed by atoms with Crippen LogP contribution in [0, 0.1) is 0 Å². The molecule has 0 saturated heterocycles. The fourth-order valence-electron chi connectivity index (χ4n) is 9.28. The first kappa shape index (κ1) is 29.4. The average molecular weight is 650 g/mol. The van der Waals surface area contributed by atoms with Crippen LogP contribution in [0.3, 0.4) is 0 Å². The van der Waals surface area contributed by atoms with E-state index >= 15 is 0 Å². The molecule has 1 fully saturated rings. The van der Waals surface area contributed by atoms with E-state index in [0.717, 1.165) is 28.7 Å². The maximum Gasteiger partial charge on any atom is 0.172 e. The lowest BCUT2D eigenvalue weighted by Crippen LogP contribution is -2.33. The molecule has 6 aromatic carbocycles. The highest BCUT2D eigenvalue weighted by molar-refractivity contribution is 5.96. The Morgan fingerprint density at radius 2 is 1.14 bits per heavy atom. The largest absolute Gasteiger partial charge is 0.449 e. The van der Waals surface area contributed by atoms with Gasteiger partial charge in [0, 0.05) is 23.5 Å². The molecular formula is C47H39NO2. The minimum Gasteiger partial charge on any atom is -0.449 e. The van der Waals surface area contributed by atoms with Crippen LogP contribution in [0.1, 0.15) is 73.8 Å². The molecule has 0 aromatic heterocycles. The second kappa shape index (κ2) is 11.2. The Morgan fingerprint density at radius 1 is 0.560 bits per heavy atom. The van der Waals surface area contributed by atoms with Gasteiger partial charge in [-0.15, -0.1) is 0 Å². The molecule has 6 aromatic rings. The van der Waals surface area contributed by atoms with Crippen molar-refractivity contribution in [2.45, 2.75) is 57.4 Å². The van der Waals surface area contributed by atoms with Gasteiger partial charge in [-0.3, -0.25) is 0 Å². The number of allylic oxidation sites excluding steroid dienone is 2. The molecule has 1 aliphatic heterocycles. The summed E-state index contributed by atoms with van der Waals surface area (Å²) < 4.78 is 13.6. The van der Waals surface area contributed by atoms with Crippen LogP contribution in [-0.4, -0.2) is 6.04 Å². The van der Waals surface area contributed by atoms with Crippen LogP contribution in [0.2, 0.25) is 0 Å². The Hall–Kier alpha value is -5.54. The van der Waals surface area contributed by atoms with Gasteiger partial charge in [0.1, 0.15) is 0 Å². The second-order valence-electron chi connectivity index (χ2n) is 14.3. The van der Waals surface area contributed by atoms with Crippen LogP contribution in [-0.2, 0) is 5.41 Å². The Balaban J connectivity index is 1.09. The highest BCUT2D eigenvalue weighted by atomic mass is 16.6. The van der Waals surface area contributed by atoms with Gasteiger partial charge in [-0.1, -0.05) is 110 Å². The van der Waals surface area contributed by atoms with Crippen molar-refractivity contribution in [1.82, 2.24) is 0 Å². The zero-order valence-electron chi connectivity index (χ0n) is 28.6. The molecule has 244 valence electrons. The van der Waals surface area contributed by atoms with Gasteiger partial charge < -0.3 is 14.4 Å². The number of ether oxygens (including phenoxy) is 2. The predicted octanol–water partition coefficient (Wildman–Crippen LogP) is 12.8. The normalized spacial score (nSPS) is 16.3. The third-order valence-electron chi connectivity index (χ3n) is 11.7. The summed E-state index contributed by atoms with van der Waals surface area (Å²) in [5.41, 5.74) is 14.8. The molecule has 3 nitrogen and oxygen atoms in total. The van der Waals surface area contributed by atoms with E-state index < -0.39 is 5.41 Å². The first-order valence-corrected chi connectivity index (χ1v) is 18.2. The third-order valence-corrected chi connectivity index (χ3v) is 11.7. The third kappa shape index (κ3) is 4.16. The molecule has 4 aliphatic rings. The van der Waals surface area contributed by atoms with Gasteiger partial charge in [-0.25, -0.2) is 0 Å². The van der Waals surface area contributed by atoms with Gasteiger partial charge in [0.2, 0.25) is 0 Å². The number of benzene rings is 6. The lowest BCUT2D eigenvalue weighted by atomic mass is 9.70. The molecule has 1 heterocycles. The van der Waals surface area contributed by atoms with Crippen molar-refractivity contribution < 1.29 is 9.47 Å². The molecule has 1 saturated carbocycles. The van der Waals surface area contributed by atoms with Gasteiger partial charge in [-0.05, 0) is 119 Å². The molecule has 3 heteroatoms. The monoisotopic (exact) mass is 649 g/mol. The smallest absolute Gasteiger partial charge is 0.172 e. The lowest BCUT2D eigenvalue weighted by molar-refractivity contribution is 0.359. The van der Waals surface area contributed by atoms with Crippen molar-refractivity contribution in [2.75, 3.05) is 4.90 Å². The summed E-state index contributed by atoms with van der Waals surface area (Å²) in [4.78, 5) is 2.54. The number of nitrogens with zero attached hydrogens (tertiary/aromatic N) is 1. The molecule has 0 amide bonds. The Kier molecular flexibility index (Phi) is 6.61. The summed E-state index contributed by atoms with van der Waals surface area (Å²) in [6, 6.07) is 47.1. The topological polar surface area (TPSA) is 21.7 Å². The van der Waals surface area contributed by atoms with Gasteiger partial charge in [0.25, 0.3) is 0 Å². The first-order chi connectivity index (χ1) is 24.6. The van der Waals surface area contributed by atoms with Gasteiger partial charge >= 0.3 is 0 Å². The average Bonchev–Trinajstić information content (AvgIpc) is 3.63. The van der Waals surface area contributed by atoms with Crippen LogP contribution < -0.4 is 14.4 Å². The summed E-state index contributed by atoms with van der Waals surface area (Å²) in [5.74, 6) is 3.03. The Labute approximate surface area is 294 Å². The van der Waals surface area contributed by atoms with E-state index in [1.54, 1.807) is 0 Å². The summed E-state index contributed by atoms with van der Waals surface area (Å²) in [7, 11) is 0. The van der Waals surface area contributed by atoms with E-state index in [1.165, 1.54) is 93.4 Å². The van der Waals surface area contributed by atoms with E-state index in [2.05, 4.69) is 152 Å². The van der Waals surface area contributed by atoms with Crippen molar-refractivity contribution in [3.8, 4) is 45.3 Å². The predicted molar refractivity (Wildman–Crippen MR) is 204 cm³/mol. The Morgan fingerprint density at radius 3 is 1.82 bits per heavy atom. The fourth-order valence-corrected chi connectivity index (χ4v) is 9.28. The maximum atomic E-state index is 6.84. The number of anilines is 2. The van der Waals surface area contributed by atoms with Crippen molar-refractivity contribution in [3.05, 3.63) is 161 Å². The van der Waals surface area contributed by atoms with Crippen molar-refractivity contribution in [1.29, 1.82) is 0 Å². The van der Waals surface area contributed by atoms with Crippen LogP contribution in [0.15, 0.2) is 133 Å². The second-order valence-corrected chi connectivity index (χ2v) is 14.3. The SMILES string of the molecule is C/C=C(\C)c1cccc(N(c2ccc3c(c2)Oc2cc4c(cc2O3)C2(c3ccccc3-c3ccccc32)c2ccccc2-4)C2CCCCC2)c1. The van der Waals surface area contributed by atoms with E-state index in [4.69, 9.17) is 9.47 Å². The van der Waals surface area contributed by atoms with Crippen molar-refractivity contribution in [3.63, 3.8) is 0 Å². The zero-order valence-corrected chi connectivity index (χ0v) is 28.6. The molecule has 0 radical (unpaired) electrons. The summed E-state index contributed by atoms with van der Waals surface area (Å²) in [5, 5.41) is 0. The van der Waals surface area contributed by atoms with E-state index in [-0.39, 0.29) is 0 Å². The molecular weight excluding hydrogens is 611 g/mol. The van der Waals surface area contributed by atoms with Crippen molar-refractivity contribution in [2.24, 2.45) is 0 Å². The van der Waals surface area contributed by atoms with E-state index in [1.807, 2.05) is 0 Å². The Bertz CT molecular complexity index is 2310. The molecule has 50 heavy (non-hydrogen) atoms. The van der Waals surface area contributed by atoms with Crippen molar-refractivity contribution >= 4 is 16.9 Å². The first-order valence-electron chi connectivity index (χ1n) is 18.2. The van der Waals surface area contributed by atoms with Crippen LogP contribution in [0.25, 0.3) is 27.8 Å². The highest BCUT2D eigenvalue weighted by Gasteiger charge is 2.52. The molecule has 0 unspecified atom stereocenters. The number of fused-ring (bicyclic) bond motifs is 12. The molecule has 3 aliphatic carbocycles. The number of hydrogen-bond donors (Lipinski definition) is 0. The highest BCUT2D eigenvalue weighted by Crippen LogP contribution is 2.64. The standard InChI is InChI=1S/C47H39NO2/c1-3-30(2)31-14-13-17-33(26-31)48(32-15-5-4-6-16-32)34-24-25-43-44(27-34)50-45-28-38-37-20-9-12-23-41(37)47(42(38)29-46(45)49-43)39-21-10-7-18-35(39)36-19-8-11-22-40(36)47/h3,7-14,17-29,32H,4-6,15-16H2,1-2H3/b30-3+. The van der Waals surface area contributed by atoms with E-state index in [0.29, 0.717) is 6.04 Å². The molecule has 0 N–H and O–H groups in total. The van der Waals surface area contributed by atoms with Crippen LogP contribution in [0.5, 0.6) is 23.0 Å². The van der Waals surface area contributed by atoms with Gasteiger partial charge in [0.15, 0.2) is 23.0 Å². The molecule has 0 atom stereocenters. The summed E-state index contributed by atoms with van der Waals surface area (Å²) in [6.45, 7) is 4.30.